The molecule has 0 rings (SSSR count). The number of carbonyl (C=O) groups is 1. The van der Waals surface area contributed by atoms with E-state index in [0.717, 1.165) is 6.42 Å². The maximum absolute atomic E-state index is 8.69. The summed E-state index contributed by atoms with van der Waals surface area (Å²) in [5.74, 6) is 0. The SMILES string of the molecule is [CH2-]C=O.[CH2-]CC.[Mg+2]. The first kappa shape index (κ1) is 15.7. The Kier molecular flexibility index (Phi) is 74.7. The molecule has 0 atom stereocenters. The molecule has 7 heavy (non-hydrogen) atoms. The summed E-state index contributed by atoms with van der Waals surface area (Å²) in [4.78, 5) is 8.69. The second-order valence-electron chi connectivity index (χ2n) is 0.667. The van der Waals surface area contributed by atoms with Crippen LogP contribution in [0.15, 0.2) is 0 Å². The fourth-order valence-electron chi connectivity index (χ4n) is 0. The first-order chi connectivity index (χ1) is 2.83. The molecular weight excluding hydrogens is 100 g/mol. The van der Waals surface area contributed by atoms with Crippen molar-refractivity contribution in [3.05, 3.63) is 13.8 Å². The zero-order valence-electron chi connectivity index (χ0n) is 4.81. The summed E-state index contributed by atoms with van der Waals surface area (Å²) in [5, 5.41) is 0. The van der Waals surface area contributed by atoms with E-state index in [9.17, 15) is 0 Å². The summed E-state index contributed by atoms with van der Waals surface area (Å²) in [6, 6.07) is 0. The third-order valence-electron chi connectivity index (χ3n) is 0. The van der Waals surface area contributed by atoms with Gasteiger partial charge in [0.1, 0.15) is 0 Å². The van der Waals surface area contributed by atoms with Crippen molar-refractivity contribution in [1.82, 2.24) is 0 Å². The second kappa shape index (κ2) is 33.4. The van der Waals surface area contributed by atoms with Crippen molar-refractivity contribution in [3.8, 4) is 0 Å². The molecule has 0 spiro atoms. The number of hydrogen-bond acceptors (Lipinski definition) is 1. The topological polar surface area (TPSA) is 17.1 Å². The predicted molar refractivity (Wildman–Crippen MR) is 32.8 cm³/mol. The first-order valence-corrected chi connectivity index (χ1v) is 1.85. The van der Waals surface area contributed by atoms with E-state index < -0.39 is 0 Å². The number of hydrogen-bond donors (Lipinski definition) is 0. The summed E-state index contributed by atoms with van der Waals surface area (Å²) in [6.07, 6.45) is 1.50. The van der Waals surface area contributed by atoms with Gasteiger partial charge >= 0.3 is 23.1 Å². The average molecular weight is 110 g/mol. The van der Waals surface area contributed by atoms with E-state index in [1.165, 1.54) is 0 Å². The van der Waals surface area contributed by atoms with Crippen LogP contribution >= 0.6 is 0 Å². The largest absolute Gasteiger partial charge is 2.00 e. The molecule has 0 aliphatic rings. The van der Waals surface area contributed by atoms with E-state index in [4.69, 9.17) is 4.79 Å². The van der Waals surface area contributed by atoms with Gasteiger partial charge in [0, 0.05) is 0 Å². The normalized spacial score (nSPS) is 4.29. The molecule has 0 aliphatic carbocycles. The zero-order valence-corrected chi connectivity index (χ0v) is 6.23. The molecule has 0 radical (unpaired) electrons. The maximum atomic E-state index is 8.69. The van der Waals surface area contributed by atoms with Crippen molar-refractivity contribution in [2.24, 2.45) is 0 Å². The summed E-state index contributed by atoms with van der Waals surface area (Å²) >= 11 is 0. The fourth-order valence-corrected chi connectivity index (χ4v) is 0. The third-order valence-corrected chi connectivity index (χ3v) is 0. The quantitative estimate of drug-likeness (QED) is 0.257. The summed E-state index contributed by atoms with van der Waals surface area (Å²) < 4.78 is 0. The van der Waals surface area contributed by atoms with Gasteiger partial charge in [-0.1, -0.05) is 6.92 Å². The van der Waals surface area contributed by atoms with E-state index in [0.29, 0.717) is 6.29 Å². The van der Waals surface area contributed by atoms with Crippen LogP contribution in [0.5, 0.6) is 0 Å². The monoisotopic (exact) mass is 110 g/mol. The molecule has 0 aromatic rings. The van der Waals surface area contributed by atoms with Crippen LogP contribution in [-0.4, -0.2) is 29.3 Å². The Bertz CT molecular complexity index is 22.0. The Labute approximate surface area is 61.6 Å². The molecule has 0 saturated heterocycles. The second-order valence-corrected chi connectivity index (χ2v) is 0.667. The van der Waals surface area contributed by atoms with Crippen LogP contribution < -0.4 is 0 Å². The Balaban J connectivity index is -0.0000000400. The number of aldehydes is 1. The number of rotatable bonds is 0. The molecule has 0 unspecified atom stereocenters. The Morgan fingerprint density at radius 2 is 1.71 bits per heavy atom. The maximum Gasteiger partial charge on any atom is 2.00 e. The van der Waals surface area contributed by atoms with Crippen molar-refractivity contribution in [2.45, 2.75) is 13.3 Å². The van der Waals surface area contributed by atoms with Crippen LogP contribution in [0.3, 0.4) is 0 Å². The molecule has 0 bridgehead atoms. The zero-order chi connectivity index (χ0) is 5.41. The van der Waals surface area contributed by atoms with Gasteiger partial charge in [0.25, 0.3) is 0 Å². The third kappa shape index (κ3) is 1250. The van der Waals surface area contributed by atoms with Crippen molar-refractivity contribution >= 4 is 29.3 Å². The van der Waals surface area contributed by atoms with Crippen LogP contribution in [0.25, 0.3) is 0 Å². The minimum Gasteiger partial charge on any atom is -0.344 e. The van der Waals surface area contributed by atoms with Crippen LogP contribution in [0.1, 0.15) is 13.3 Å². The molecule has 0 N–H and O–H groups in total. The van der Waals surface area contributed by atoms with E-state index >= 15 is 0 Å². The van der Waals surface area contributed by atoms with Gasteiger partial charge < -0.3 is 18.6 Å². The van der Waals surface area contributed by atoms with Gasteiger partial charge in [0.15, 0.2) is 0 Å². The molecule has 38 valence electrons. The Morgan fingerprint density at radius 3 is 1.71 bits per heavy atom. The first-order valence-electron chi connectivity index (χ1n) is 1.85. The predicted octanol–water partition coefficient (Wildman–Crippen LogP) is 0.869. The molecule has 2 heteroatoms. The molecular formula is C5H10MgO. The van der Waals surface area contributed by atoms with Gasteiger partial charge in [-0.2, -0.15) is 6.42 Å². The molecule has 0 amide bonds. The molecule has 0 aromatic heterocycles. The Hall–Kier alpha value is 0.306. The smallest absolute Gasteiger partial charge is 0.344 e. The van der Waals surface area contributed by atoms with Gasteiger partial charge in [-0.05, 0) is 6.29 Å². The van der Waals surface area contributed by atoms with E-state index in [1.807, 2.05) is 6.92 Å². The van der Waals surface area contributed by atoms with Crippen molar-refractivity contribution in [1.29, 1.82) is 0 Å². The van der Waals surface area contributed by atoms with Gasteiger partial charge in [-0.25, -0.2) is 0 Å². The van der Waals surface area contributed by atoms with Gasteiger partial charge in [-0.3, -0.25) is 0 Å². The Morgan fingerprint density at radius 1 is 1.71 bits per heavy atom. The minimum atomic E-state index is 0. The molecule has 0 heterocycles. The van der Waals surface area contributed by atoms with Crippen LogP contribution in [0, 0.1) is 13.8 Å². The van der Waals surface area contributed by atoms with Crippen molar-refractivity contribution < 1.29 is 4.79 Å². The number of carbonyl (C=O) groups excluding carboxylic acids is 1. The molecule has 0 aromatic carbocycles. The minimum absolute atomic E-state index is 0. The molecule has 0 aliphatic heterocycles. The van der Waals surface area contributed by atoms with Gasteiger partial charge in [0.2, 0.25) is 0 Å². The standard InChI is InChI=1S/C3H7.C2H3O.Mg/c1-3-2;1-2-3;/h1,3H2,2H3;2H,1H2;/q2*-1;+2. The molecule has 1 nitrogen and oxygen atoms in total. The fraction of sp³-hybridized carbons (Fsp3) is 0.400. The average Bonchev–Trinajstić information content (AvgIpc) is 1.39. The van der Waals surface area contributed by atoms with Gasteiger partial charge in [0.05, 0.1) is 0 Å². The van der Waals surface area contributed by atoms with Crippen molar-refractivity contribution in [3.63, 3.8) is 0 Å². The van der Waals surface area contributed by atoms with Crippen LogP contribution in [0.4, 0.5) is 0 Å². The molecule has 0 saturated carbocycles. The van der Waals surface area contributed by atoms with E-state index in [1.54, 1.807) is 0 Å². The summed E-state index contributed by atoms with van der Waals surface area (Å²) in [5.41, 5.74) is 0. The summed E-state index contributed by atoms with van der Waals surface area (Å²) in [6.45, 7) is 8.31. The van der Waals surface area contributed by atoms with E-state index in [-0.39, 0.29) is 23.1 Å². The van der Waals surface area contributed by atoms with Crippen molar-refractivity contribution in [2.75, 3.05) is 0 Å². The van der Waals surface area contributed by atoms with E-state index in [2.05, 4.69) is 13.8 Å². The summed E-state index contributed by atoms with van der Waals surface area (Å²) in [7, 11) is 0. The van der Waals surface area contributed by atoms with Crippen LogP contribution in [-0.2, 0) is 4.79 Å². The van der Waals surface area contributed by atoms with Crippen LogP contribution in [0.2, 0.25) is 0 Å². The molecule has 0 fully saturated rings. The van der Waals surface area contributed by atoms with Gasteiger partial charge in [-0.15, -0.1) is 0 Å².